The van der Waals surface area contributed by atoms with Gasteiger partial charge in [-0.3, -0.25) is 9.59 Å². The smallest absolute Gasteiger partial charge is 0.251 e. The summed E-state index contributed by atoms with van der Waals surface area (Å²) in [6.45, 7) is 0.736. The number of rotatable bonds is 4. The summed E-state index contributed by atoms with van der Waals surface area (Å²) >= 11 is 5.81. The number of benzene rings is 2. The Labute approximate surface area is 146 Å². The third kappa shape index (κ3) is 3.77. The number of hydrogen-bond acceptors (Lipinski definition) is 2. The average molecular weight is 343 g/mol. The Balaban J connectivity index is 1.60. The van der Waals surface area contributed by atoms with E-state index in [1.54, 1.807) is 24.3 Å². The van der Waals surface area contributed by atoms with Gasteiger partial charge in [0.2, 0.25) is 5.91 Å². The van der Waals surface area contributed by atoms with Crippen molar-refractivity contribution in [3.63, 3.8) is 0 Å². The fraction of sp³-hybridized carbons (Fsp3) is 0.263. The summed E-state index contributed by atoms with van der Waals surface area (Å²) in [6.07, 6.45) is 1.94. The summed E-state index contributed by atoms with van der Waals surface area (Å²) in [7, 11) is 0. The maximum Gasteiger partial charge on any atom is 0.251 e. The van der Waals surface area contributed by atoms with E-state index in [0.29, 0.717) is 10.6 Å². The average Bonchev–Trinajstić information content (AvgIpc) is 3.10. The second-order valence-corrected chi connectivity index (χ2v) is 6.28. The summed E-state index contributed by atoms with van der Waals surface area (Å²) in [5.41, 5.74) is 1.64. The Morgan fingerprint density at radius 2 is 1.79 bits per heavy atom. The quantitative estimate of drug-likeness (QED) is 0.925. The van der Waals surface area contributed by atoms with Crippen LogP contribution in [0.5, 0.6) is 0 Å². The van der Waals surface area contributed by atoms with Gasteiger partial charge in [0, 0.05) is 17.1 Å². The Kier molecular flexibility index (Phi) is 5.16. The van der Waals surface area contributed by atoms with E-state index in [2.05, 4.69) is 5.32 Å². The molecule has 2 aromatic rings. The van der Waals surface area contributed by atoms with Crippen LogP contribution in [0, 0.1) is 0 Å². The molecule has 1 saturated heterocycles. The van der Waals surface area contributed by atoms with Crippen LogP contribution in [-0.4, -0.2) is 29.8 Å². The minimum Gasteiger partial charge on any atom is -0.343 e. The standard InChI is InChI=1S/C19H19ClN2O2/c20-16-10-8-15(9-11-16)19(24)21-13-18(23)22-12-4-7-17(22)14-5-2-1-3-6-14/h1-3,5-6,8-11,17H,4,7,12-13H2,(H,21,24). The van der Waals surface area contributed by atoms with E-state index in [1.165, 1.54) is 0 Å². The summed E-state index contributed by atoms with van der Waals surface area (Å²) in [5, 5.41) is 3.27. The first-order valence-corrected chi connectivity index (χ1v) is 8.41. The van der Waals surface area contributed by atoms with Gasteiger partial charge in [0.15, 0.2) is 0 Å². The SMILES string of the molecule is O=C(NCC(=O)N1CCCC1c1ccccc1)c1ccc(Cl)cc1. The predicted octanol–water partition coefficient (Wildman–Crippen LogP) is 3.43. The number of carbonyl (C=O) groups is 2. The van der Waals surface area contributed by atoms with Crippen LogP contribution >= 0.6 is 11.6 Å². The molecule has 0 spiro atoms. The summed E-state index contributed by atoms with van der Waals surface area (Å²) in [4.78, 5) is 26.5. The van der Waals surface area contributed by atoms with E-state index < -0.39 is 0 Å². The highest BCUT2D eigenvalue weighted by molar-refractivity contribution is 6.30. The van der Waals surface area contributed by atoms with Crippen LogP contribution in [0.2, 0.25) is 5.02 Å². The van der Waals surface area contributed by atoms with Gasteiger partial charge in [-0.25, -0.2) is 0 Å². The van der Waals surface area contributed by atoms with Gasteiger partial charge >= 0.3 is 0 Å². The van der Waals surface area contributed by atoms with E-state index >= 15 is 0 Å². The van der Waals surface area contributed by atoms with Gasteiger partial charge in [-0.1, -0.05) is 41.9 Å². The highest BCUT2D eigenvalue weighted by Crippen LogP contribution is 2.31. The number of nitrogens with one attached hydrogen (secondary N) is 1. The lowest BCUT2D eigenvalue weighted by Gasteiger charge is -2.25. The minimum atomic E-state index is -0.268. The van der Waals surface area contributed by atoms with Crippen LogP contribution < -0.4 is 5.32 Å². The first-order valence-electron chi connectivity index (χ1n) is 8.03. The van der Waals surface area contributed by atoms with E-state index in [9.17, 15) is 9.59 Å². The fourth-order valence-corrected chi connectivity index (χ4v) is 3.17. The van der Waals surface area contributed by atoms with Gasteiger partial charge in [0.25, 0.3) is 5.91 Å². The molecule has 24 heavy (non-hydrogen) atoms. The van der Waals surface area contributed by atoms with Crippen LogP contribution in [-0.2, 0) is 4.79 Å². The minimum absolute atomic E-state index is 0.00476. The molecule has 1 aliphatic rings. The zero-order valence-electron chi connectivity index (χ0n) is 13.2. The van der Waals surface area contributed by atoms with Gasteiger partial charge in [0.05, 0.1) is 12.6 Å². The van der Waals surface area contributed by atoms with Crippen LogP contribution in [0.4, 0.5) is 0 Å². The lowest BCUT2D eigenvalue weighted by molar-refractivity contribution is -0.131. The molecule has 0 aliphatic carbocycles. The van der Waals surface area contributed by atoms with Crippen molar-refractivity contribution in [2.45, 2.75) is 18.9 Å². The number of nitrogens with zero attached hydrogens (tertiary/aromatic N) is 1. The second kappa shape index (κ2) is 7.49. The molecule has 3 rings (SSSR count). The normalized spacial score (nSPS) is 16.9. The Bertz CT molecular complexity index is 716. The molecule has 2 aromatic carbocycles. The maximum atomic E-state index is 12.5. The largest absolute Gasteiger partial charge is 0.343 e. The molecule has 2 amide bonds. The summed E-state index contributed by atoms with van der Waals surface area (Å²) in [5.74, 6) is -0.320. The molecule has 1 heterocycles. The maximum absolute atomic E-state index is 12.5. The van der Waals surface area contributed by atoms with Crippen molar-refractivity contribution >= 4 is 23.4 Å². The van der Waals surface area contributed by atoms with Crippen molar-refractivity contribution in [3.8, 4) is 0 Å². The molecule has 0 saturated carbocycles. The molecular weight excluding hydrogens is 324 g/mol. The van der Waals surface area contributed by atoms with Crippen molar-refractivity contribution in [1.82, 2.24) is 10.2 Å². The Morgan fingerprint density at radius 3 is 2.50 bits per heavy atom. The molecule has 0 radical (unpaired) electrons. The van der Waals surface area contributed by atoms with Crippen LogP contribution in [0.1, 0.15) is 34.8 Å². The molecule has 0 bridgehead atoms. The zero-order valence-corrected chi connectivity index (χ0v) is 14.0. The van der Waals surface area contributed by atoms with Gasteiger partial charge < -0.3 is 10.2 Å². The molecular formula is C19H19ClN2O2. The molecule has 1 unspecified atom stereocenters. The fourth-order valence-electron chi connectivity index (χ4n) is 3.05. The molecule has 0 aromatic heterocycles. The lowest BCUT2D eigenvalue weighted by Crippen LogP contribution is -2.39. The first kappa shape index (κ1) is 16.5. The van der Waals surface area contributed by atoms with Crippen molar-refractivity contribution in [3.05, 3.63) is 70.7 Å². The van der Waals surface area contributed by atoms with Crippen molar-refractivity contribution < 1.29 is 9.59 Å². The molecule has 124 valence electrons. The third-order valence-electron chi connectivity index (χ3n) is 4.26. The number of carbonyl (C=O) groups excluding carboxylic acids is 2. The molecule has 4 nitrogen and oxygen atoms in total. The van der Waals surface area contributed by atoms with Gasteiger partial charge in [-0.15, -0.1) is 0 Å². The van der Waals surface area contributed by atoms with Crippen LogP contribution in [0.25, 0.3) is 0 Å². The monoisotopic (exact) mass is 342 g/mol. The topological polar surface area (TPSA) is 49.4 Å². The highest BCUT2D eigenvalue weighted by atomic mass is 35.5. The number of amides is 2. The molecule has 1 fully saturated rings. The van der Waals surface area contributed by atoms with E-state index in [1.807, 2.05) is 35.2 Å². The third-order valence-corrected chi connectivity index (χ3v) is 4.52. The lowest BCUT2D eigenvalue weighted by atomic mass is 10.0. The molecule has 1 aliphatic heterocycles. The van der Waals surface area contributed by atoms with Crippen molar-refractivity contribution in [2.24, 2.45) is 0 Å². The van der Waals surface area contributed by atoms with E-state index in [0.717, 1.165) is 24.9 Å². The van der Waals surface area contributed by atoms with E-state index in [-0.39, 0.29) is 24.4 Å². The first-order chi connectivity index (χ1) is 11.6. The van der Waals surface area contributed by atoms with Crippen LogP contribution in [0.3, 0.4) is 0 Å². The Morgan fingerprint density at radius 1 is 1.08 bits per heavy atom. The molecule has 1 atom stereocenters. The Hall–Kier alpha value is -2.33. The summed E-state index contributed by atoms with van der Waals surface area (Å²) < 4.78 is 0. The number of hydrogen-bond donors (Lipinski definition) is 1. The predicted molar refractivity (Wildman–Crippen MR) is 93.9 cm³/mol. The van der Waals surface area contributed by atoms with Crippen LogP contribution in [0.15, 0.2) is 54.6 Å². The highest BCUT2D eigenvalue weighted by Gasteiger charge is 2.29. The second-order valence-electron chi connectivity index (χ2n) is 5.85. The molecule has 1 N–H and O–H groups in total. The van der Waals surface area contributed by atoms with Gasteiger partial charge in [-0.05, 0) is 42.7 Å². The number of halogens is 1. The van der Waals surface area contributed by atoms with E-state index in [4.69, 9.17) is 11.6 Å². The number of likely N-dealkylation sites (tertiary alicyclic amines) is 1. The zero-order chi connectivity index (χ0) is 16.9. The van der Waals surface area contributed by atoms with Gasteiger partial charge in [-0.2, -0.15) is 0 Å². The van der Waals surface area contributed by atoms with Gasteiger partial charge in [0.1, 0.15) is 0 Å². The summed E-state index contributed by atoms with van der Waals surface area (Å²) in [6, 6.07) is 16.7. The van der Waals surface area contributed by atoms with Crippen molar-refractivity contribution in [2.75, 3.05) is 13.1 Å². The molecule has 5 heteroatoms. The van der Waals surface area contributed by atoms with Crippen molar-refractivity contribution in [1.29, 1.82) is 0 Å².